The van der Waals surface area contributed by atoms with Gasteiger partial charge in [0, 0.05) is 6.42 Å². The minimum atomic E-state index is -3.66. The fraction of sp³-hybridized carbons (Fsp3) is 0.391. The molecule has 4 atom stereocenters. The highest BCUT2D eigenvalue weighted by Crippen LogP contribution is 2.46. The van der Waals surface area contributed by atoms with E-state index in [9.17, 15) is 9.36 Å². The van der Waals surface area contributed by atoms with E-state index < -0.39 is 25.1 Å². The van der Waals surface area contributed by atoms with Crippen molar-refractivity contribution >= 4 is 30.5 Å². The first-order chi connectivity index (χ1) is 16.7. The Morgan fingerprint density at radius 1 is 1.31 bits per heavy atom. The van der Waals surface area contributed by atoms with Gasteiger partial charge in [0.15, 0.2) is 11.5 Å². The van der Waals surface area contributed by atoms with Crippen molar-refractivity contribution in [2.24, 2.45) is 0 Å². The summed E-state index contributed by atoms with van der Waals surface area (Å²) in [6.45, 7) is 5.40. The third kappa shape index (κ3) is 5.70. The zero-order valence-electron chi connectivity index (χ0n) is 19.8. The molecule has 0 amide bonds. The summed E-state index contributed by atoms with van der Waals surface area (Å²) >= 11 is 0. The lowest BCUT2D eigenvalue weighted by atomic mass is 10.1. The van der Waals surface area contributed by atoms with Gasteiger partial charge in [0.2, 0.25) is 0 Å². The molecule has 2 heterocycles. The standard InChI is InChI=1S/C23H29N6O5P/c1-4-32-22(30)16(2)28-35(31,34-18-8-6-5-7-9-18)15-33-23(3)11-10-17(12-23)29-14-27-19-20(24)25-13-26-21(19)29/h5-11,13-14,16-17H,4,12,15H2,1-3H3,(H,28,31)(H2,24,25,26)/t16-,17-,23+,35?/m0/s1. The van der Waals surface area contributed by atoms with E-state index in [1.807, 2.05) is 29.7 Å². The van der Waals surface area contributed by atoms with Crippen LogP contribution in [0.5, 0.6) is 5.75 Å². The van der Waals surface area contributed by atoms with Crippen molar-refractivity contribution in [1.82, 2.24) is 24.6 Å². The predicted molar refractivity (Wildman–Crippen MR) is 131 cm³/mol. The van der Waals surface area contributed by atoms with Crippen molar-refractivity contribution in [3.63, 3.8) is 0 Å². The van der Waals surface area contributed by atoms with Gasteiger partial charge in [-0.3, -0.25) is 9.36 Å². The van der Waals surface area contributed by atoms with Gasteiger partial charge in [-0.05, 0) is 32.9 Å². The van der Waals surface area contributed by atoms with Crippen molar-refractivity contribution in [2.45, 2.75) is 44.9 Å². The number of hydrogen-bond donors (Lipinski definition) is 2. The van der Waals surface area contributed by atoms with Crippen LogP contribution < -0.4 is 15.3 Å². The van der Waals surface area contributed by atoms with Gasteiger partial charge in [-0.15, -0.1) is 0 Å². The van der Waals surface area contributed by atoms with Gasteiger partial charge in [0.25, 0.3) is 0 Å². The monoisotopic (exact) mass is 500 g/mol. The summed E-state index contributed by atoms with van der Waals surface area (Å²) in [7, 11) is -3.66. The second-order valence-electron chi connectivity index (χ2n) is 8.48. The lowest BCUT2D eigenvalue weighted by Crippen LogP contribution is -2.37. The number of rotatable bonds is 10. The summed E-state index contributed by atoms with van der Waals surface area (Å²) in [5.41, 5.74) is 6.32. The molecule has 3 aromatic rings. The molecule has 0 saturated carbocycles. The molecule has 11 nitrogen and oxygen atoms in total. The van der Waals surface area contributed by atoms with Crippen molar-refractivity contribution in [3.05, 3.63) is 55.1 Å². The zero-order valence-corrected chi connectivity index (χ0v) is 20.7. The molecule has 0 bridgehead atoms. The van der Waals surface area contributed by atoms with E-state index >= 15 is 0 Å². The fourth-order valence-corrected chi connectivity index (χ4v) is 5.67. The van der Waals surface area contributed by atoms with E-state index in [2.05, 4.69) is 20.0 Å². The van der Waals surface area contributed by atoms with Crippen LogP contribution >= 0.6 is 7.52 Å². The maximum atomic E-state index is 13.8. The number of nitrogen functional groups attached to an aromatic ring is 1. The molecule has 2 aromatic heterocycles. The Morgan fingerprint density at radius 3 is 2.83 bits per heavy atom. The molecular weight excluding hydrogens is 471 g/mol. The Bertz CT molecular complexity index is 1270. The Labute approximate surface area is 203 Å². The predicted octanol–water partition coefficient (Wildman–Crippen LogP) is 3.46. The lowest BCUT2D eigenvalue weighted by Gasteiger charge is -2.29. The summed E-state index contributed by atoms with van der Waals surface area (Å²) in [5, 5.41) is 2.80. The topological polar surface area (TPSA) is 143 Å². The Balaban J connectivity index is 1.48. The maximum absolute atomic E-state index is 13.8. The average molecular weight is 500 g/mol. The number of imidazole rings is 1. The van der Waals surface area contributed by atoms with E-state index in [0.29, 0.717) is 29.2 Å². The van der Waals surface area contributed by atoms with Crippen LogP contribution in [-0.2, 0) is 18.8 Å². The van der Waals surface area contributed by atoms with Gasteiger partial charge < -0.3 is 24.3 Å². The first-order valence-corrected chi connectivity index (χ1v) is 13.1. The van der Waals surface area contributed by atoms with Crippen molar-refractivity contribution in [1.29, 1.82) is 0 Å². The molecule has 12 heteroatoms. The number of anilines is 1. The molecule has 0 fully saturated rings. The van der Waals surface area contributed by atoms with E-state index in [0.717, 1.165) is 0 Å². The van der Waals surface area contributed by atoms with Gasteiger partial charge in [0.05, 0.1) is 24.6 Å². The highest BCUT2D eigenvalue weighted by Gasteiger charge is 2.38. The summed E-state index contributed by atoms with van der Waals surface area (Å²) in [6, 6.07) is 7.80. The molecule has 35 heavy (non-hydrogen) atoms. The number of carbonyl (C=O) groups excluding carboxylic acids is 1. The minimum Gasteiger partial charge on any atom is -0.465 e. The SMILES string of the molecule is CCOC(=O)[C@H](C)NP(=O)(CO[C@]1(C)C=C[C@H](n2cnc3c(N)ncnc32)C1)Oc1ccccc1. The second-order valence-corrected chi connectivity index (χ2v) is 10.5. The summed E-state index contributed by atoms with van der Waals surface area (Å²) < 4.78 is 32.7. The smallest absolute Gasteiger partial charge is 0.342 e. The number of aromatic nitrogens is 4. The number of esters is 1. The molecule has 4 rings (SSSR count). The molecule has 1 unspecified atom stereocenters. The van der Waals surface area contributed by atoms with Crippen LogP contribution in [0.25, 0.3) is 11.2 Å². The number of carbonyl (C=O) groups is 1. The van der Waals surface area contributed by atoms with Crippen LogP contribution in [-0.4, -0.2) is 50.1 Å². The quantitative estimate of drug-likeness (QED) is 0.241. The molecule has 0 aliphatic heterocycles. The minimum absolute atomic E-state index is 0.0971. The van der Waals surface area contributed by atoms with Gasteiger partial charge >= 0.3 is 13.5 Å². The van der Waals surface area contributed by atoms with E-state index in [4.69, 9.17) is 19.7 Å². The molecular formula is C23H29N6O5P. The molecule has 1 aromatic carbocycles. The third-order valence-electron chi connectivity index (χ3n) is 5.62. The highest BCUT2D eigenvalue weighted by molar-refractivity contribution is 7.57. The molecule has 186 valence electrons. The Morgan fingerprint density at radius 2 is 2.09 bits per heavy atom. The molecule has 3 N–H and O–H groups in total. The van der Waals surface area contributed by atoms with Crippen molar-refractivity contribution in [2.75, 3.05) is 18.7 Å². The van der Waals surface area contributed by atoms with Crippen molar-refractivity contribution in [3.8, 4) is 5.75 Å². The molecule has 1 aliphatic carbocycles. The number of fused-ring (bicyclic) bond motifs is 1. The number of benzene rings is 1. The van der Waals surface area contributed by atoms with Crippen LogP contribution in [0.4, 0.5) is 5.82 Å². The van der Waals surface area contributed by atoms with E-state index in [1.165, 1.54) is 6.33 Å². The third-order valence-corrected chi connectivity index (χ3v) is 7.38. The number of allylic oxidation sites excluding steroid dienone is 1. The number of nitrogens with zero attached hydrogens (tertiary/aromatic N) is 4. The normalized spacial score (nSPS) is 22.1. The van der Waals surface area contributed by atoms with Gasteiger partial charge in [-0.2, -0.15) is 0 Å². The summed E-state index contributed by atoms with van der Waals surface area (Å²) in [6.07, 6.45) is 7.24. The number of hydrogen-bond acceptors (Lipinski definition) is 9. The average Bonchev–Trinajstić information content (AvgIpc) is 3.43. The van der Waals surface area contributed by atoms with Crippen LogP contribution in [0.2, 0.25) is 0 Å². The van der Waals surface area contributed by atoms with Crippen LogP contribution in [0, 0.1) is 0 Å². The molecule has 1 aliphatic rings. The number of ether oxygens (including phenoxy) is 2. The van der Waals surface area contributed by atoms with E-state index in [1.54, 1.807) is 44.4 Å². The maximum Gasteiger partial charge on any atom is 0.342 e. The Kier molecular flexibility index (Phi) is 7.20. The van der Waals surface area contributed by atoms with Crippen LogP contribution in [0.3, 0.4) is 0 Å². The lowest BCUT2D eigenvalue weighted by molar-refractivity contribution is -0.144. The fourth-order valence-electron chi connectivity index (χ4n) is 3.87. The van der Waals surface area contributed by atoms with Gasteiger partial charge in [0.1, 0.15) is 30.0 Å². The molecule has 0 spiro atoms. The van der Waals surface area contributed by atoms with Gasteiger partial charge in [-0.1, -0.05) is 30.4 Å². The summed E-state index contributed by atoms with van der Waals surface area (Å²) in [5.74, 6) is 0.190. The van der Waals surface area contributed by atoms with Crippen molar-refractivity contribution < 1.29 is 23.4 Å². The molecule has 0 radical (unpaired) electrons. The first kappa shape index (κ1) is 24.8. The second kappa shape index (κ2) is 10.2. The zero-order chi connectivity index (χ0) is 25.1. The van der Waals surface area contributed by atoms with Crippen LogP contribution in [0.1, 0.15) is 33.2 Å². The number of para-hydroxylation sites is 1. The first-order valence-electron chi connectivity index (χ1n) is 11.3. The molecule has 0 saturated heterocycles. The summed E-state index contributed by atoms with van der Waals surface area (Å²) in [4.78, 5) is 24.8. The van der Waals surface area contributed by atoms with E-state index in [-0.39, 0.29) is 19.0 Å². The van der Waals surface area contributed by atoms with Crippen LogP contribution in [0.15, 0.2) is 55.1 Å². The van der Waals surface area contributed by atoms with Gasteiger partial charge in [-0.25, -0.2) is 20.0 Å². The Hall–Kier alpha value is -3.27. The number of nitrogens with one attached hydrogen (secondary N) is 1. The highest BCUT2D eigenvalue weighted by atomic mass is 31.2. The number of nitrogens with two attached hydrogens (primary N) is 1. The largest absolute Gasteiger partial charge is 0.465 e.